The lowest BCUT2D eigenvalue weighted by molar-refractivity contribution is 0.105. The molecular weight excluding hydrogens is 360 g/mol. The molecule has 1 heterocycles. The lowest BCUT2D eigenvalue weighted by atomic mass is 9.75. The number of carbonyl (C=O) groups excluding carboxylic acids is 1. The summed E-state index contributed by atoms with van der Waals surface area (Å²) in [6.07, 6.45) is 8.82. The standard InChI is InChI=1S/C22H26O2S2/c1-13-10-15(11-14(2)19(13)24)6-7-18(23)20-16-8-9-22(3,4)12-17(16)21(25-5)26-20/h6-7,10-11,24H,8-9,12H2,1-5H3/b7-6+. The number of thioether (sulfide) groups is 1. The molecule has 26 heavy (non-hydrogen) atoms. The number of phenolic OH excluding ortho intramolecular Hbond substituents is 1. The molecule has 4 heteroatoms. The molecule has 1 aliphatic rings. The van der Waals surface area contributed by atoms with Crippen LogP contribution in [-0.4, -0.2) is 17.1 Å². The Morgan fingerprint density at radius 1 is 1.23 bits per heavy atom. The molecule has 0 saturated heterocycles. The summed E-state index contributed by atoms with van der Waals surface area (Å²) in [5.41, 5.74) is 5.59. The normalized spacial score (nSPS) is 16.0. The van der Waals surface area contributed by atoms with Crippen LogP contribution in [0.5, 0.6) is 5.75 Å². The Hall–Kier alpha value is -1.52. The van der Waals surface area contributed by atoms with E-state index in [2.05, 4.69) is 20.1 Å². The van der Waals surface area contributed by atoms with Crippen molar-refractivity contribution in [3.8, 4) is 5.75 Å². The summed E-state index contributed by atoms with van der Waals surface area (Å²) in [5, 5.41) is 9.90. The van der Waals surface area contributed by atoms with Gasteiger partial charge in [-0.25, -0.2) is 0 Å². The van der Waals surface area contributed by atoms with Gasteiger partial charge in [-0.1, -0.05) is 19.9 Å². The highest BCUT2D eigenvalue weighted by Gasteiger charge is 2.31. The Kier molecular flexibility index (Phi) is 5.36. The summed E-state index contributed by atoms with van der Waals surface area (Å²) in [4.78, 5) is 13.8. The minimum absolute atomic E-state index is 0.0923. The molecule has 0 saturated carbocycles. The summed E-state index contributed by atoms with van der Waals surface area (Å²) >= 11 is 3.41. The minimum atomic E-state index is 0.0923. The Labute approximate surface area is 164 Å². The molecule has 0 amide bonds. The van der Waals surface area contributed by atoms with E-state index in [1.54, 1.807) is 29.2 Å². The van der Waals surface area contributed by atoms with Crippen molar-refractivity contribution in [2.24, 2.45) is 5.41 Å². The van der Waals surface area contributed by atoms with Crippen molar-refractivity contribution in [3.63, 3.8) is 0 Å². The highest BCUT2D eigenvalue weighted by molar-refractivity contribution is 8.00. The maximum atomic E-state index is 12.9. The second kappa shape index (κ2) is 7.24. The third-order valence-corrected chi connectivity index (χ3v) is 7.59. The molecule has 0 aliphatic heterocycles. The van der Waals surface area contributed by atoms with E-state index in [-0.39, 0.29) is 5.78 Å². The fourth-order valence-electron chi connectivity index (χ4n) is 3.65. The zero-order chi connectivity index (χ0) is 19.1. The average Bonchev–Trinajstić information content (AvgIpc) is 2.94. The summed E-state index contributed by atoms with van der Waals surface area (Å²) in [6.45, 7) is 8.39. The van der Waals surface area contributed by atoms with Crippen molar-refractivity contribution in [1.29, 1.82) is 0 Å². The van der Waals surface area contributed by atoms with Crippen molar-refractivity contribution in [2.45, 2.75) is 51.2 Å². The van der Waals surface area contributed by atoms with Crippen molar-refractivity contribution in [1.82, 2.24) is 0 Å². The zero-order valence-corrected chi connectivity index (χ0v) is 17.7. The molecule has 2 nitrogen and oxygen atoms in total. The van der Waals surface area contributed by atoms with Gasteiger partial charge in [0.1, 0.15) is 5.75 Å². The number of aromatic hydroxyl groups is 1. The molecule has 0 unspecified atom stereocenters. The number of benzene rings is 1. The molecule has 1 N–H and O–H groups in total. The second-order valence-electron chi connectivity index (χ2n) is 7.92. The SMILES string of the molecule is CSc1sc(C(=O)/C=C/c2cc(C)c(O)c(C)c2)c2c1CC(C)(C)CC2. The topological polar surface area (TPSA) is 37.3 Å². The predicted molar refractivity (Wildman–Crippen MR) is 113 cm³/mol. The van der Waals surface area contributed by atoms with Crippen LogP contribution in [0.15, 0.2) is 22.4 Å². The van der Waals surface area contributed by atoms with Crippen molar-refractivity contribution in [3.05, 3.63) is 50.9 Å². The highest BCUT2D eigenvalue weighted by Crippen LogP contribution is 2.44. The van der Waals surface area contributed by atoms with Crippen LogP contribution in [0.3, 0.4) is 0 Å². The average molecular weight is 387 g/mol. The van der Waals surface area contributed by atoms with E-state index in [0.717, 1.165) is 40.8 Å². The minimum Gasteiger partial charge on any atom is -0.507 e. The number of aryl methyl sites for hydroxylation is 2. The quantitative estimate of drug-likeness (QED) is 0.386. The number of phenols is 1. The third-order valence-electron chi connectivity index (χ3n) is 5.14. The molecule has 3 rings (SSSR count). The fraction of sp³-hybridized carbons (Fsp3) is 0.409. The Balaban J connectivity index is 1.91. The molecule has 0 spiro atoms. The number of carbonyl (C=O) groups is 1. The van der Waals surface area contributed by atoms with Gasteiger partial charge in [0.15, 0.2) is 5.78 Å². The molecule has 1 aromatic carbocycles. The Morgan fingerprint density at radius 3 is 2.50 bits per heavy atom. The Bertz CT molecular complexity index is 865. The molecule has 138 valence electrons. The summed E-state index contributed by atoms with van der Waals surface area (Å²) < 4.78 is 1.29. The van der Waals surface area contributed by atoms with Crippen LogP contribution < -0.4 is 0 Å². The van der Waals surface area contributed by atoms with Crippen LogP contribution in [0.4, 0.5) is 0 Å². The van der Waals surface area contributed by atoms with Crippen LogP contribution in [-0.2, 0) is 12.8 Å². The van der Waals surface area contributed by atoms with E-state index >= 15 is 0 Å². The number of fused-ring (bicyclic) bond motifs is 1. The first-order chi connectivity index (χ1) is 12.2. The number of rotatable bonds is 4. The summed E-state index contributed by atoms with van der Waals surface area (Å²) in [6, 6.07) is 3.82. The maximum Gasteiger partial charge on any atom is 0.196 e. The van der Waals surface area contributed by atoms with E-state index in [4.69, 9.17) is 0 Å². The lowest BCUT2D eigenvalue weighted by Gasteiger charge is -2.30. The van der Waals surface area contributed by atoms with Crippen LogP contribution in [0, 0.1) is 19.3 Å². The van der Waals surface area contributed by atoms with Crippen LogP contribution in [0.1, 0.15) is 57.8 Å². The fourth-order valence-corrected chi connectivity index (χ4v) is 5.69. The Morgan fingerprint density at radius 2 is 1.88 bits per heavy atom. The van der Waals surface area contributed by atoms with E-state index < -0.39 is 0 Å². The van der Waals surface area contributed by atoms with E-state index in [1.807, 2.05) is 32.1 Å². The highest BCUT2D eigenvalue weighted by atomic mass is 32.2. The maximum absolute atomic E-state index is 12.9. The van der Waals surface area contributed by atoms with Crippen LogP contribution >= 0.6 is 23.1 Å². The number of allylic oxidation sites excluding steroid dienone is 1. The zero-order valence-electron chi connectivity index (χ0n) is 16.1. The van der Waals surface area contributed by atoms with Gasteiger partial charge in [0, 0.05) is 0 Å². The van der Waals surface area contributed by atoms with Crippen molar-refractivity contribution in [2.75, 3.05) is 6.26 Å². The first-order valence-electron chi connectivity index (χ1n) is 8.93. The van der Waals surface area contributed by atoms with E-state index in [1.165, 1.54) is 15.3 Å². The molecule has 0 atom stereocenters. The number of thiophene rings is 1. The molecule has 0 radical (unpaired) electrons. The molecule has 1 aliphatic carbocycles. The van der Waals surface area contributed by atoms with Gasteiger partial charge >= 0.3 is 0 Å². The van der Waals surface area contributed by atoms with Gasteiger partial charge in [0.25, 0.3) is 0 Å². The first-order valence-corrected chi connectivity index (χ1v) is 11.0. The number of hydrogen-bond donors (Lipinski definition) is 1. The lowest BCUT2D eigenvalue weighted by Crippen LogP contribution is -2.22. The van der Waals surface area contributed by atoms with E-state index in [9.17, 15) is 9.90 Å². The van der Waals surface area contributed by atoms with Crippen LogP contribution in [0.2, 0.25) is 0 Å². The molecule has 0 bridgehead atoms. The third kappa shape index (κ3) is 3.77. The van der Waals surface area contributed by atoms with Gasteiger partial charge in [-0.3, -0.25) is 4.79 Å². The molecule has 1 aromatic heterocycles. The first kappa shape index (κ1) is 19.2. The second-order valence-corrected chi connectivity index (χ2v) is 10.0. The van der Waals surface area contributed by atoms with Gasteiger partial charge < -0.3 is 5.11 Å². The predicted octanol–water partition coefficient (Wildman–Crippen LogP) is 6.20. The largest absolute Gasteiger partial charge is 0.507 e. The molecule has 0 fully saturated rings. The summed E-state index contributed by atoms with van der Waals surface area (Å²) in [5.74, 6) is 0.419. The van der Waals surface area contributed by atoms with Gasteiger partial charge in [-0.2, -0.15) is 0 Å². The number of ketones is 1. The van der Waals surface area contributed by atoms with Crippen molar-refractivity contribution >= 4 is 35.0 Å². The van der Waals surface area contributed by atoms with Crippen molar-refractivity contribution < 1.29 is 9.90 Å². The monoisotopic (exact) mass is 386 g/mol. The summed E-state index contributed by atoms with van der Waals surface area (Å²) in [7, 11) is 0. The van der Waals surface area contributed by atoms with E-state index in [0.29, 0.717) is 11.2 Å². The number of hydrogen-bond acceptors (Lipinski definition) is 4. The van der Waals surface area contributed by atoms with Gasteiger partial charge in [0.05, 0.1) is 9.09 Å². The molecule has 2 aromatic rings. The van der Waals surface area contributed by atoms with Gasteiger partial charge in [0.2, 0.25) is 0 Å². The van der Waals surface area contributed by atoms with Crippen LogP contribution in [0.25, 0.3) is 6.08 Å². The smallest absolute Gasteiger partial charge is 0.196 e. The van der Waals surface area contributed by atoms with Gasteiger partial charge in [-0.05, 0) is 90.8 Å². The molecular formula is C22H26O2S2. The van der Waals surface area contributed by atoms with Gasteiger partial charge in [-0.15, -0.1) is 23.1 Å².